The third-order valence-corrected chi connectivity index (χ3v) is 6.63. The maximum Gasteiger partial charge on any atom is 0.276 e. The van der Waals surface area contributed by atoms with Gasteiger partial charge in [0.2, 0.25) is 5.76 Å². The molecule has 30 heavy (non-hydrogen) atoms. The van der Waals surface area contributed by atoms with Gasteiger partial charge in [-0.25, -0.2) is 0 Å². The summed E-state index contributed by atoms with van der Waals surface area (Å²) < 4.78 is 10.6. The Morgan fingerprint density at radius 3 is 2.90 bits per heavy atom. The molecule has 3 aromatic rings. The first kappa shape index (κ1) is 17.3. The lowest BCUT2D eigenvalue weighted by atomic mass is 9.89. The molecule has 2 fully saturated rings. The van der Waals surface area contributed by atoms with Crippen LogP contribution in [0.4, 0.5) is 5.69 Å². The van der Waals surface area contributed by atoms with E-state index in [4.69, 9.17) is 8.94 Å². The number of furan rings is 1. The Labute approximate surface area is 172 Å². The highest BCUT2D eigenvalue weighted by Crippen LogP contribution is 2.47. The molecule has 1 saturated carbocycles. The zero-order valence-electron chi connectivity index (χ0n) is 16.1. The molecule has 2 aromatic heterocycles. The molecule has 8 heteroatoms. The molecule has 0 radical (unpaired) electrons. The molecular formula is C22H20N4O4. The van der Waals surface area contributed by atoms with Gasteiger partial charge in [-0.05, 0) is 43.0 Å². The summed E-state index contributed by atoms with van der Waals surface area (Å²) in [7, 11) is 0. The van der Waals surface area contributed by atoms with Crippen molar-refractivity contribution >= 4 is 17.5 Å². The quantitative estimate of drug-likeness (QED) is 0.681. The lowest BCUT2D eigenvalue weighted by molar-refractivity contribution is 0.0758. The second-order valence-electron chi connectivity index (χ2n) is 8.27. The van der Waals surface area contributed by atoms with Gasteiger partial charge in [-0.2, -0.15) is 0 Å². The summed E-state index contributed by atoms with van der Waals surface area (Å²) in [6, 6.07) is 12.7. The Morgan fingerprint density at radius 1 is 1.13 bits per heavy atom. The number of anilines is 1. The maximum absolute atomic E-state index is 13.1. The predicted octanol–water partition coefficient (Wildman–Crippen LogP) is 2.97. The highest BCUT2D eigenvalue weighted by atomic mass is 16.5. The van der Waals surface area contributed by atoms with Crippen molar-refractivity contribution in [2.75, 3.05) is 18.4 Å². The van der Waals surface area contributed by atoms with Gasteiger partial charge in [-0.1, -0.05) is 17.3 Å². The van der Waals surface area contributed by atoms with Gasteiger partial charge in [0.05, 0.1) is 11.8 Å². The number of amides is 2. The number of hydrogen-bond donors (Lipinski definition) is 2. The number of benzene rings is 1. The average molecular weight is 404 g/mol. The van der Waals surface area contributed by atoms with Gasteiger partial charge < -0.3 is 24.5 Å². The van der Waals surface area contributed by atoms with E-state index in [1.54, 1.807) is 24.5 Å². The summed E-state index contributed by atoms with van der Waals surface area (Å²) in [5, 5.41) is 10.7. The van der Waals surface area contributed by atoms with Gasteiger partial charge in [0.15, 0.2) is 11.5 Å². The van der Waals surface area contributed by atoms with Crippen LogP contribution in [0.5, 0.6) is 0 Å². The molecule has 1 aliphatic carbocycles. The van der Waals surface area contributed by atoms with E-state index >= 15 is 0 Å². The van der Waals surface area contributed by atoms with Gasteiger partial charge >= 0.3 is 0 Å². The monoisotopic (exact) mass is 404 g/mol. The molecule has 3 aliphatic rings. The van der Waals surface area contributed by atoms with Crippen LogP contribution in [0.3, 0.4) is 0 Å². The summed E-state index contributed by atoms with van der Waals surface area (Å²) in [5.41, 5.74) is 1.26. The van der Waals surface area contributed by atoms with E-state index in [2.05, 4.69) is 15.8 Å². The number of likely N-dealkylation sites (tertiary alicyclic amines) is 1. The molecule has 8 nitrogen and oxygen atoms in total. The van der Waals surface area contributed by atoms with E-state index in [-0.39, 0.29) is 23.4 Å². The molecule has 2 aliphatic heterocycles. The van der Waals surface area contributed by atoms with Crippen LogP contribution >= 0.6 is 0 Å². The highest BCUT2D eigenvalue weighted by Gasteiger charge is 2.55. The van der Waals surface area contributed by atoms with Gasteiger partial charge in [0, 0.05) is 30.8 Å². The Bertz CT molecular complexity index is 1140. The highest BCUT2D eigenvalue weighted by molar-refractivity contribution is 6.02. The molecule has 6 rings (SSSR count). The number of carbonyl (C=O) groups excluding carboxylic acids is 2. The Hall–Kier alpha value is -3.55. The molecule has 3 atom stereocenters. The smallest absolute Gasteiger partial charge is 0.276 e. The normalized spacial score (nSPS) is 26.9. The molecule has 1 spiro atoms. The van der Waals surface area contributed by atoms with Gasteiger partial charge in [0.25, 0.3) is 11.8 Å². The third kappa shape index (κ3) is 2.49. The fraction of sp³-hybridized carbons (Fsp3) is 0.318. The summed E-state index contributed by atoms with van der Waals surface area (Å²) in [6.07, 6.45) is 3.33. The van der Waals surface area contributed by atoms with Crippen LogP contribution in [-0.2, 0) is 0 Å². The first-order chi connectivity index (χ1) is 14.6. The lowest BCUT2D eigenvalue weighted by Gasteiger charge is -2.41. The molecular weight excluding hydrogens is 384 g/mol. The third-order valence-electron chi connectivity index (χ3n) is 6.63. The number of carbonyl (C=O) groups is 2. The van der Waals surface area contributed by atoms with E-state index in [0.717, 1.165) is 18.5 Å². The van der Waals surface area contributed by atoms with E-state index < -0.39 is 5.66 Å². The number of para-hydroxylation sites is 1. The molecule has 152 valence electrons. The van der Waals surface area contributed by atoms with Crippen LogP contribution in [0.25, 0.3) is 11.5 Å². The van der Waals surface area contributed by atoms with Crippen LogP contribution in [0.15, 0.2) is 57.7 Å². The molecule has 0 unspecified atom stereocenters. The second kappa shape index (κ2) is 6.22. The molecule has 2 N–H and O–H groups in total. The number of rotatable bonds is 2. The maximum atomic E-state index is 13.1. The van der Waals surface area contributed by atoms with Gasteiger partial charge in [-0.15, -0.1) is 0 Å². The SMILES string of the molecule is O=C1N[C@]2(CC[C@@H]3CN(C(=O)c4cc(-c5ccco5)on4)C[C@@H]32)Nc2ccccc21. The minimum absolute atomic E-state index is 0.0608. The number of hydrogen-bond acceptors (Lipinski definition) is 6. The molecule has 1 aromatic carbocycles. The second-order valence-corrected chi connectivity index (χ2v) is 8.27. The number of aromatic nitrogens is 1. The van der Waals surface area contributed by atoms with Crippen molar-refractivity contribution in [3.8, 4) is 11.5 Å². The summed E-state index contributed by atoms with van der Waals surface area (Å²) >= 11 is 0. The van der Waals surface area contributed by atoms with E-state index in [1.807, 2.05) is 29.2 Å². The zero-order chi connectivity index (χ0) is 20.3. The van der Waals surface area contributed by atoms with Crippen LogP contribution in [0.2, 0.25) is 0 Å². The summed E-state index contributed by atoms with van der Waals surface area (Å²) in [5.74, 6) is 1.19. The Kier molecular flexibility index (Phi) is 3.59. The van der Waals surface area contributed by atoms with Crippen LogP contribution in [0.1, 0.15) is 33.7 Å². The van der Waals surface area contributed by atoms with Crippen molar-refractivity contribution in [2.24, 2.45) is 11.8 Å². The van der Waals surface area contributed by atoms with E-state index in [1.165, 1.54) is 0 Å². The summed E-state index contributed by atoms with van der Waals surface area (Å²) in [6.45, 7) is 1.20. The van der Waals surface area contributed by atoms with Crippen molar-refractivity contribution in [1.82, 2.24) is 15.4 Å². The van der Waals surface area contributed by atoms with Crippen molar-refractivity contribution in [3.63, 3.8) is 0 Å². The lowest BCUT2D eigenvalue weighted by Crippen LogP contribution is -2.61. The Balaban J connectivity index is 1.23. The standard InChI is InChI=1S/C22H20N4O4/c27-20-14-4-1-2-5-16(14)23-22(24-20)8-7-13-11-26(12-15(13)22)21(28)17-10-19(30-25-17)18-6-3-9-29-18/h1-6,9-10,13,15,23H,7-8,11-12H2,(H,24,27)/t13-,15+,22+/m1/s1. The zero-order valence-corrected chi connectivity index (χ0v) is 16.1. The van der Waals surface area contributed by atoms with Crippen molar-refractivity contribution in [2.45, 2.75) is 18.5 Å². The average Bonchev–Trinajstić information content (AvgIpc) is 3.54. The van der Waals surface area contributed by atoms with Gasteiger partial charge in [0.1, 0.15) is 5.66 Å². The van der Waals surface area contributed by atoms with Crippen LogP contribution < -0.4 is 10.6 Å². The Morgan fingerprint density at radius 2 is 2.03 bits per heavy atom. The van der Waals surface area contributed by atoms with E-state index in [0.29, 0.717) is 36.1 Å². The van der Waals surface area contributed by atoms with Crippen molar-refractivity contribution < 1.29 is 18.5 Å². The largest absolute Gasteiger partial charge is 0.461 e. The van der Waals surface area contributed by atoms with Gasteiger partial charge in [-0.3, -0.25) is 9.59 Å². The van der Waals surface area contributed by atoms with Crippen molar-refractivity contribution in [3.05, 3.63) is 60.0 Å². The van der Waals surface area contributed by atoms with E-state index in [9.17, 15) is 9.59 Å². The summed E-state index contributed by atoms with van der Waals surface area (Å²) in [4.78, 5) is 27.6. The molecule has 1 saturated heterocycles. The minimum Gasteiger partial charge on any atom is -0.461 e. The number of nitrogens with one attached hydrogen (secondary N) is 2. The fourth-order valence-electron chi connectivity index (χ4n) is 5.20. The van der Waals surface area contributed by atoms with Crippen molar-refractivity contribution in [1.29, 1.82) is 0 Å². The first-order valence-electron chi connectivity index (χ1n) is 10.1. The number of nitrogens with zero attached hydrogens (tertiary/aromatic N) is 2. The van der Waals surface area contributed by atoms with Crippen LogP contribution in [-0.4, -0.2) is 40.6 Å². The predicted molar refractivity (Wildman–Crippen MR) is 107 cm³/mol. The molecule has 4 heterocycles. The molecule has 0 bridgehead atoms. The fourth-order valence-corrected chi connectivity index (χ4v) is 5.20. The first-order valence-corrected chi connectivity index (χ1v) is 10.1. The molecule has 2 amide bonds. The minimum atomic E-state index is -0.520. The van der Waals surface area contributed by atoms with Crippen LogP contribution in [0, 0.1) is 11.8 Å². The number of fused-ring (bicyclic) bond motifs is 3. The topological polar surface area (TPSA) is 101 Å².